The summed E-state index contributed by atoms with van der Waals surface area (Å²) < 4.78 is 37.4. The molecular weight excluding hydrogens is 435 g/mol. The molecule has 0 spiro atoms. The average Bonchev–Trinajstić information content (AvgIpc) is 2.74. The molecule has 0 aromatic heterocycles. The second kappa shape index (κ2) is 21.9. The van der Waals surface area contributed by atoms with Crippen LogP contribution in [0.25, 0.3) is 0 Å². The Balaban J connectivity index is 0. The van der Waals surface area contributed by atoms with Crippen LogP contribution in [0.4, 0.5) is 0 Å². The Labute approximate surface area is 221 Å². The molecule has 1 unspecified atom stereocenters. The van der Waals surface area contributed by atoms with E-state index in [1.54, 1.807) is 0 Å². The van der Waals surface area contributed by atoms with E-state index < -0.39 is 20.8 Å². The van der Waals surface area contributed by atoms with E-state index in [1.807, 2.05) is 0 Å². The van der Waals surface area contributed by atoms with E-state index in [1.165, 1.54) is 71.3 Å². The van der Waals surface area contributed by atoms with E-state index in [9.17, 15) is 17.8 Å². The molecule has 0 saturated heterocycles. The third-order valence-corrected chi connectivity index (χ3v) is 7.98. The summed E-state index contributed by atoms with van der Waals surface area (Å²) in [7, 11) is -3.32. The topological polar surface area (TPSA) is 80.7 Å². The average molecular weight is 487 g/mol. The molecule has 0 aromatic carbocycles. The van der Waals surface area contributed by atoms with Crippen molar-refractivity contribution in [3.05, 3.63) is 0 Å². The summed E-state index contributed by atoms with van der Waals surface area (Å²) in [6.45, 7) is 4.41. The number of esters is 1. The van der Waals surface area contributed by atoms with Crippen molar-refractivity contribution in [2.75, 3.05) is 7.11 Å². The third-order valence-electron chi connectivity index (χ3n) is 6.42. The van der Waals surface area contributed by atoms with Crippen LogP contribution in [0.5, 0.6) is 0 Å². The molecule has 0 fully saturated rings. The van der Waals surface area contributed by atoms with Gasteiger partial charge >= 0.3 is 35.5 Å². The first-order valence-electron chi connectivity index (χ1n) is 12.9. The number of hydrogen-bond donors (Lipinski definition) is 1. The van der Waals surface area contributed by atoms with Gasteiger partial charge in [0.25, 0.3) is 10.1 Å². The van der Waals surface area contributed by atoms with Gasteiger partial charge in [-0.3, -0.25) is 9.35 Å². The Morgan fingerprint density at radius 3 is 1.19 bits per heavy atom. The van der Waals surface area contributed by atoms with E-state index in [2.05, 4.69) is 13.8 Å². The predicted octanol–water partition coefficient (Wildman–Crippen LogP) is 6.98. The van der Waals surface area contributed by atoms with Gasteiger partial charge in [-0.05, 0) is 12.8 Å². The van der Waals surface area contributed by atoms with E-state index in [0.29, 0.717) is 12.8 Å². The fourth-order valence-corrected chi connectivity index (χ4v) is 5.42. The zero-order valence-electron chi connectivity index (χ0n) is 20.6. The van der Waals surface area contributed by atoms with Crippen LogP contribution in [0.1, 0.15) is 142 Å². The van der Waals surface area contributed by atoms with Gasteiger partial charge in [0.15, 0.2) is 4.75 Å². The van der Waals surface area contributed by atoms with Crippen LogP contribution < -0.4 is 0 Å². The molecule has 1 N–H and O–H groups in total. The maximum absolute atomic E-state index is 12.4. The van der Waals surface area contributed by atoms with E-state index >= 15 is 0 Å². The minimum absolute atomic E-state index is 0. The molecule has 7 heteroatoms. The second-order valence-corrected chi connectivity index (χ2v) is 10.8. The van der Waals surface area contributed by atoms with Crippen molar-refractivity contribution in [1.82, 2.24) is 0 Å². The summed E-state index contributed by atoms with van der Waals surface area (Å²) >= 11 is 0. The molecule has 5 nitrogen and oxygen atoms in total. The van der Waals surface area contributed by atoms with Crippen LogP contribution in [0.15, 0.2) is 0 Å². The molecule has 0 saturated carbocycles. The number of carbonyl (C=O) groups is 1. The maximum atomic E-state index is 12.4. The molecule has 0 aliphatic heterocycles. The van der Waals surface area contributed by atoms with Crippen LogP contribution in [0.3, 0.4) is 0 Å². The van der Waals surface area contributed by atoms with Crippen LogP contribution in [-0.2, 0) is 19.6 Å². The zero-order chi connectivity index (χ0) is 23.4. The van der Waals surface area contributed by atoms with Crippen LogP contribution >= 0.6 is 0 Å². The van der Waals surface area contributed by atoms with Gasteiger partial charge in [-0.25, -0.2) is 0 Å². The third kappa shape index (κ3) is 15.3. The fourth-order valence-electron chi connectivity index (χ4n) is 4.32. The fraction of sp³-hybridized carbons (Fsp3) is 0.960. The molecule has 32 heavy (non-hydrogen) atoms. The van der Waals surface area contributed by atoms with E-state index in [0.717, 1.165) is 38.5 Å². The quantitative estimate of drug-likeness (QED) is 0.0772. The first-order valence-corrected chi connectivity index (χ1v) is 14.3. The number of hydrogen-bond acceptors (Lipinski definition) is 4. The number of unbranched alkanes of at least 4 members (excludes halogenated alkanes) is 16. The summed E-state index contributed by atoms with van der Waals surface area (Å²) in [5.41, 5.74) is 0. The summed E-state index contributed by atoms with van der Waals surface area (Å²) in [6.07, 6.45) is 20.2. The standard InChI is InChI=1S/C25H50O5S.Na.H/c1-4-6-8-10-12-14-15-17-19-21-23-25(24(26)30-3,31(27,28)29)22-20-18-16-13-11-9-7-5-2;;/h4-23H2,1-3H3,(H,27,28,29);;. The Kier molecular flexibility index (Phi) is 23.6. The predicted molar refractivity (Wildman–Crippen MR) is 137 cm³/mol. The van der Waals surface area contributed by atoms with Gasteiger partial charge in [-0.15, -0.1) is 0 Å². The molecule has 0 bridgehead atoms. The van der Waals surface area contributed by atoms with Gasteiger partial charge in [-0.1, -0.05) is 129 Å². The van der Waals surface area contributed by atoms with Crippen molar-refractivity contribution in [2.45, 2.75) is 147 Å². The monoisotopic (exact) mass is 486 g/mol. The molecule has 0 aromatic rings. The molecule has 0 aliphatic carbocycles. The first-order chi connectivity index (χ1) is 14.9. The van der Waals surface area contributed by atoms with Crippen molar-refractivity contribution in [3.8, 4) is 0 Å². The van der Waals surface area contributed by atoms with Gasteiger partial charge in [-0.2, -0.15) is 8.42 Å². The number of methoxy groups -OCH3 is 1. The SMILES string of the molecule is CCCCCCCCCCCCC(CCCCCCCCCC)(C(=O)OC)S(=O)(=O)O.[NaH]. The Bertz CT molecular complexity index is 538. The Morgan fingerprint density at radius 2 is 0.938 bits per heavy atom. The van der Waals surface area contributed by atoms with Crippen molar-refractivity contribution in [2.24, 2.45) is 0 Å². The minimum atomic E-state index is -4.53. The van der Waals surface area contributed by atoms with Crippen molar-refractivity contribution in [1.29, 1.82) is 0 Å². The number of rotatable bonds is 22. The molecule has 1 atom stereocenters. The van der Waals surface area contributed by atoms with E-state index in [-0.39, 0.29) is 42.4 Å². The van der Waals surface area contributed by atoms with Crippen molar-refractivity contribution >= 4 is 45.6 Å². The van der Waals surface area contributed by atoms with Crippen molar-refractivity contribution in [3.63, 3.8) is 0 Å². The first kappa shape index (κ1) is 34.5. The normalized spacial score (nSPS) is 13.4. The van der Waals surface area contributed by atoms with Crippen LogP contribution in [-0.4, -0.2) is 60.4 Å². The van der Waals surface area contributed by atoms with Gasteiger partial charge in [0, 0.05) is 0 Å². The van der Waals surface area contributed by atoms with Crippen LogP contribution in [0.2, 0.25) is 0 Å². The molecule has 188 valence electrons. The van der Waals surface area contributed by atoms with Gasteiger partial charge in [0.05, 0.1) is 7.11 Å². The summed E-state index contributed by atoms with van der Waals surface area (Å²) in [5.74, 6) is -0.811. The van der Waals surface area contributed by atoms with Gasteiger partial charge < -0.3 is 4.74 Å². The van der Waals surface area contributed by atoms with Crippen LogP contribution in [0, 0.1) is 0 Å². The number of ether oxygens (including phenoxy) is 1. The van der Waals surface area contributed by atoms with Crippen molar-refractivity contribution < 1.29 is 22.5 Å². The Hall–Kier alpha value is 0.380. The molecule has 0 amide bonds. The molecule has 0 heterocycles. The second-order valence-electron chi connectivity index (χ2n) is 9.12. The zero-order valence-corrected chi connectivity index (χ0v) is 21.4. The Morgan fingerprint density at radius 1 is 0.656 bits per heavy atom. The number of carbonyl (C=O) groups excluding carboxylic acids is 1. The van der Waals surface area contributed by atoms with E-state index in [4.69, 9.17) is 4.74 Å². The summed E-state index contributed by atoms with van der Waals surface area (Å²) in [6, 6.07) is 0. The van der Waals surface area contributed by atoms with Gasteiger partial charge in [0.1, 0.15) is 0 Å². The summed E-state index contributed by atoms with van der Waals surface area (Å²) in [4.78, 5) is 12.4. The molecular formula is C25H51NaO5S. The van der Waals surface area contributed by atoms with Gasteiger partial charge in [0.2, 0.25) is 0 Å². The summed E-state index contributed by atoms with van der Waals surface area (Å²) in [5, 5.41) is 0. The molecule has 0 rings (SSSR count). The molecule has 0 radical (unpaired) electrons. The molecule has 0 aliphatic rings.